The number of hydrogen-bond donors (Lipinski definition) is 1. The molecule has 1 aliphatic heterocycles. The molecule has 0 bridgehead atoms. The van der Waals surface area contributed by atoms with Gasteiger partial charge in [0.25, 0.3) is 0 Å². The van der Waals surface area contributed by atoms with Crippen LogP contribution in [0.3, 0.4) is 0 Å². The predicted molar refractivity (Wildman–Crippen MR) is 54.8 cm³/mol. The Hall–Kier alpha value is -0.650. The van der Waals surface area contributed by atoms with E-state index in [1.165, 1.54) is 0 Å². The van der Waals surface area contributed by atoms with Crippen molar-refractivity contribution < 1.29 is 19.3 Å². The van der Waals surface area contributed by atoms with Gasteiger partial charge in [0.2, 0.25) is 0 Å². The molecule has 0 aromatic rings. The van der Waals surface area contributed by atoms with Gasteiger partial charge in [-0.1, -0.05) is 0 Å². The van der Waals surface area contributed by atoms with Crippen LogP contribution in [0.15, 0.2) is 0 Å². The summed E-state index contributed by atoms with van der Waals surface area (Å²) in [5.41, 5.74) is -0.658. The number of nitrogens with zero attached hydrogens (tertiary/aromatic N) is 1. The van der Waals surface area contributed by atoms with Crippen LogP contribution in [0.2, 0.25) is 0 Å². The molecule has 1 aliphatic rings. The van der Waals surface area contributed by atoms with E-state index >= 15 is 0 Å². The minimum Gasteiger partial charge on any atom is -0.622 e. The van der Waals surface area contributed by atoms with Crippen molar-refractivity contribution in [1.82, 2.24) is 0 Å². The van der Waals surface area contributed by atoms with Crippen molar-refractivity contribution in [1.29, 1.82) is 0 Å². The molecule has 2 atom stereocenters. The number of ether oxygens (including phenoxy) is 1. The van der Waals surface area contributed by atoms with Crippen molar-refractivity contribution in [2.45, 2.75) is 45.3 Å². The summed E-state index contributed by atoms with van der Waals surface area (Å²) in [6.07, 6.45) is -0.334. The second kappa shape index (κ2) is 4.08. The number of aliphatic hydroxyl groups excluding tert-OH is 1. The second-order valence-corrected chi connectivity index (χ2v) is 5.07. The lowest BCUT2D eigenvalue weighted by molar-refractivity contribution is -0.818. The van der Waals surface area contributed by atoms with E-state index in [-0.39, 0.29) is 13.1 Å². The van der Waals surface area contributed by atoms with E-state index in [0.29, 0.717) is 12.8 Å². The van der Waals surface area contributed by atoms with E-state index in [2.05, 4.69) is 0 Å². The average Bonchev–Trinajstić information content (AvgIpc) is 2.00. The van der Waals surface area contributed by atoms with E-state index < -0.39 is 22.4 Å². The number of aliphatic hydroxyl groups is 1. The molecular formula is C10H19NO4. The lowest BCUT2D eigenvalue weighted by Crippen LogP contribution is -2.56. The number of amides is 1. The molecule has 1 unspecified atom stereocenters. The first-order valence-electron chi connectivity index (χ1n) is 5.23. The Bertz CT molecular complexity index is 248. The number of hydrogen-bond acceptors (Lipinski definition) is 4. The fraction of sp³-hybridized carbons (Fsp3) is 0.900. The van der Waals surface area contributed by atoms with Crippen LogP contribution >= 0.6 is 0 Å². The maximum absolute atomic E-state index is 12.0. The van der Waals surface area contributed by atoms with Gasteiger partial charge in [0.15, 0.2) is 0 Å². The van der Waals surface area contributed by atoms with Gasteiger partial charge < -0.3 is 15.1 Å². The molecular weight excluding hydrogens is 198 g/mol. The molecule has 0 aliphatic carbocycles. The molecule has 1 fully saturated rings. The summed E-state index contributed by atoms with van der Waals surface area (Å²) in [7, 11) is 0. The zero-order chi connectivity index (χ0) is 11.7. The second-order valence-electron chi connectivity index (χ2n) is 5.07. The van der Waals surface area contributed by atoms with Gasteiger partial charge in [-0.15, -0.1) is 0 Å². The molecule has 0 spiro atoms. The fourth-order valence-corrected chi connectivity index (χ4v) is 1.62. The third-order valence-electron chi connectivity index (χ3n) is 2.29. The molecule has 0 radical (unpaired) electrons. The number of carbonyl (C=O) groups excluding carboxylic acids is 1. The molecule has 1 saturated heterocycles. The van der Waals surface area contributed by atoms with Crippen LogP contribution in [0.4, 0.5) is 4.79 Å². The SMILES string of the molecule is CC(C)(C)OC(=O)[N@+]1([O-])CCCC(O)C1. The van der Waals surface area contributed by atoms with E-state index in [1.54, 1.807) is 20.8 Å². The van der Waals surface area contributed by atoms with E-state index in [0.717, 1.165) is 0 Å². The number of likely N-dealkylation sites (tertiary alicyclic amines) is 1. The van der Waals surface area contributed by atoms with Crippen LogP contribution in [-0.4, -0.2) is 40.6 Å². The van der Waals surface area contributed by atoms with Crippen molar-refractivity contribution in [2.24, 2.45) is 0 Å². The van der Waals surface area contributed by atoms with Crippen molar-refractivity contribution in [3.63, 3.8) is 0 Å². The largest absolute Gasteiger partial charge is 0.622 e. The van der Waals surface area contributed by atoms with Crippen LogP contribution in [0.1, 0.15) is 33.6 Å². The summed E-state index contributed by atoms with van der Waals surface area (Å²) >= 11 is 0. The fourth-order valence-electron chi connectivity index (χ4n) is 1.62. The smallest absolute Gasteiger partial charge is 0.516 e. The van der Waals surface area contributed by atoms with E-state index in [9.17, 15) is 15.1 Å². The summed E-state index contributed by atoms with van der Waals surface area (Å²) in [4.78, 5) is 11.6. The number of piperidine rings is 1. The maximum Gasteiger partial charge on any atom is 0.516 e. The quantitative estimate of drug-likeness (QED) is 0.491. The zero-order valence-electron chi connectivity index (χ0n) is 9.52. The van der Waals surface area contributed by atoms with E-state index in [1.807, 2.05) is 0 Å². The molecule has 88 valence electrons. The number of quaternary nitrogens is 1. The Kier molecular flexibility index (Phi) is 3.38. The van der Waals surface area contributed by atoms with Crippen molar-refractivity contribution >= 4 is 6.09 Å². The summed E-state index contributed by atoms with van der Waals surface area (Å²) in [5, 5.41) is 21.4. The molecule has 0 aromatic heterocycles. The van der Waals surface area contributed by atoms with Crippen LogP contribution in [0.5, 0.6) is 0 Å². The summed E-state index contributed by atoms with van der Waals surface area (Å²) in [6.45, 7) is 5.27. The maximum atomic E-state index is 12.0. The first kappa shape index (κ1) is 12.4. The van der Waals surface area contributed by atoms with Gasteiger partial charge in [-0.05, 0) is 27.2 Å². The predicted octanol–water partition coefficient (Wildman–Crippen LogP) is 1.39. The van der Waals surface area contributed by atoms with Crippen LogP contribution in [0, 0.1) is 5.21 Å². The molecule has 5 nitrogen and oxygen atoms in total. The Morgan fingerprint density at radius 2 is 2.13 bits per heavy atom. The summed E-state index contributed by atoms with van der Waals surface area (Å²) in [5.74, 6) is 0. The van der Waals surface area contributed by atoms with Gasteiger partial charge in [0.05, 0.1) is 6.54 Å². The van der Waals surface area contributed by atoms with Gasteiger partial charge >= 0.3 is 6.09 Å². The highest BCUT2D eigenvalue weighted by Gasteiger charge is 2.37. The first-order chi connectivity index (χ1) is 6.73. The van der Waals surface area contributed by atoms with Crippen molar-refractivity contribution in [3.8, 4) is 0 Å². The van der Waals surface area contributed by atoms with Crippen LogP contribution in [-0.2, 0) is 4.74 Å². The molecule has 1 rings (SSSR count). The Labute approximate surface area is 89.8 Å². The molecule has 1 N–H and O–H groups in total. The highest BCUT2D eigenvalue weighted by Crippen LogP contribution is 2.22. The first-order valence-corrected chi connectivity index (χ1v) is 5.23. The van der Waals surface area contributed by atoms with Gasteiger partial charge in [0, 0.05) is 6.42 Å². The highest BCUT2D eigenvalue weighted by molar-refractivity contribution is 5.60. The Morgan fingerprint density at radius 3 is 2.60 bits per heavy atom. The molecule has 1 amide bonds. The van der Waals surface area contributed by atoms with Gasteiger partial charge in [0.1, 0.15) is 18.2 Å². The normalized spacial score (nSPS) is 32.5. The topological polar surface area (TPSA) is 69.6 Å². The third-order valence-corrected chi connectivity index (χ3v) is 2.29. The number of carbonyl (C=O) groups is 1. The van der Waals surface area contributed by atoms with Crippen LogP contribution in [0.25, 0.3) is 0 Å². The standard InChI is InChI=1S/C10H19NO4/c1-10(2,3)15-9(13)11(14)6-4-5-8(12)7-11/h8,12H,4-7H2,1-3H3/t8?,11-/m0/s1. The third kappa shape index (κ3) is 3.44. The lowest BCUT2D eigenvalue weighted by Gasteiger charge is -2.43. The number of rotatable bonds is 0. The summed E-state index contributed by atoms with van der Waals surface area (Å²) < 4.78 is 3.98. The molecule has 0 saturated carbocycles. The van der Waals surface area contributed by atoms with Crippen molar-refractivity contribution in [3.05, 3.63) is 5.21 Å². The minimum absolute atomic E-state index is 0.0884. The number of hydroxylamine groups is 3. The van der Waals surface area contributed by atoms with Gasteiger partial charge in [-0.2, -0.15) is 4.79 Å². The van der Waals surface area contributed by atoms with Gasteiger partial charge in [-0.3, -0.25) is 4.65 Å². The monoisotopic (exact) mass is 217 g/mol. The lowest BCUT2D eigenvalue weighted by atomic mass is 10.1. The highest BCUT2D eigenvalue weighted by atomic mass is 16.7. The summed E-state index contributed by atoms with van der Waals surface area (Å²) in [6, 6.07) is 0. The zero-order valence-corrected chi connectivity index (χ0v) is 9.52. The molecule has 1 heterocycles. The van der Waals surface area contributed by atoms with E-state index in [4.69, 9.17) is 4.74 Å². The van der Waals surface area contributed by atoms with Gasteiger partial charge in [-0.25, -0.2) is 0 Å². The van der Waals surface area contributed by atoms with Crippen molar-refractivity contribution in [2.75, 3.05) is 13.1 Å². The Balaban J connectivity index is 2.64. The Morgan fingerprint density at radius 1 is 1.53 bits per heavy atom. The minimum atomic E-state index is -1.06. The van der Waals surface area contributed by atoms with Crippen LogP contribution < -0.4 is 0 Å². The molecule has 0 aromatic carbocycles. The molecule has 5 heteroatoms. The average molecular weight is 217 g/mol. The molecule has 15 heavy (non-hydrogen) atoms.